The summed E-state index contributed by atoms with van der Waals surface area (Å²) in [5, 5.41) is 4.04. The van der Waals surface area contributed by atoms with Gasteiger partial charge in [0.25, 0.3) is 0 Å². The smallest absolute Gasteiger partial charge is 0.220 e. The lowest BCUT2D eigenvalue weighted by Crippen LogP contribution is -2.27. The number of carbonyl (C=O) groups is 1. The third kappa shape index (κ3) is 1.96. The van der Waals surface area contributed by atoms with Crippen molar-refractivity contribution in [3.63, 3.8) is 0 Å². The highest BCUT2D eigenvalue weighted by atomic mass is 16.5. The second-order valence-corrected chi connectivity index (χ2v) is 4.68. The average Bonchev–Trinajstić information content (AvgIpc) is 2.86. The van der Waals surface area contributed by atoms with E-state index in [4.69, 9.17) is 4.52 Å². The van der Waals surface area contributed by atoms with E-state index >= 15 is 0 Å². The fourth-order valence-corrected chi connectivity index (χ4v) is 2.17. The minimum absolute atomic E-state index is 0.0949. The zero-order valence-electron chi connectivity index (χ0n) is 10.1. The first-order chi connectivity index (χ1) is 7.59. The Morgan fingerprint density at radius 1 is 1.62 bits per heavy atom. The summed E-state index contributed by atoms with van der Waals surface area (Å²) >= 11 is 0. The number of amides is 1. The molecule has 0 aromatic carbocycles. The van der Waals surface area contributed by atoms with Crippen molar-refractivity contribution in [2.45, 2.75) is 45.6 Å². The first-order valence-electron chi connectivity index (χ1n) is 5.83. The SMILES string of the molecule is CC(=O)N1CCCC1c1cc(C(C)C)no1. The zero-order chi connectivity index (χ0) is 11.7. The Balaban J connectivity index is 2.19. The monoisotopic (exact) mass is 222 g/mol. The molecule has 0 radical (unpaired) electrons. The molecule has 2 rings (SSSR count). The van der Waals surface area contributed by atoms with E-state index < -0.39 is 0 Å². The molecular weight excluding hydrogens is 204 g/mol. The van der Waals surface area contributed by atoms with Crippen molar-refractivity contribution >= 4 is 5.91 Å². The summed E-state index contributed by atoms with van der Waals surface area (Å²) in [5.41, 5.74) is 0.963. The molecule has 16 heavy (non-hydrogen) atoms. The Hall–Kier alpha value is -1.32. The Kier molecular flexibility index (Phi) is 2.99. The minimum Gasteiger partial charge on any atom is -0.359 e. The minimum atomic E-state index is 0.0949. The highest BCUT2D eigenvalue weighted by Gasteiger charge is 2.31. The van der Waals surface area contributed by atoms with Crippen molar-refractivity contribution in [3.8, 4) is 0 Å². The van der Waals surface area contributed by atoms with Gasteiger partial charge in [-0.15, -0.1) is 0 Å². The Morgan fingerprint density at radius 2 is 2.38 bits per heavy atom. The Labute approximate surface area is 95.6 Å². The molecule has 0 spiro atoms. The molecule has 1 unspecified atom stereocenters. The summed E-state index contributed by atoms with van der Waals surface area (Å²) in [6.07, 6.45) is 2.02. The van der Waals surface area contributed by atoms with Crippen LogP contribution in [0.5, 0.6) is 0 Å². The van der Waals surface area contributed by atoms with E-state index in [2.05, 4.69) is 19.0 Å². The third-order valence-electron chi connectivity index (χ3n) is 3.12. The predicted octanol–water partition coefficient (Wildman–Crippen LogP) is 2.48. The highest BCUT2D eigenvalue weighted by Crippen LogP contribution is 2.33. The van der Waals surface area contributed by atoms with Crippen LogP contribution < -0.4 is 0 Å². The van der Waals surface area contributed by atoms with Crippen LogP contribution in [0.15, 0.2) is 10.6 Å². The first-order valence-corrected chi connectivity index (χ1v) is 5.83. The van der Waals surface area contributed by atoms with Gasteiger partial charge in [-0.1, -0.05) is 19.0 Å². The van der Waals surface area contributed by atoms with Crippen LogP contribution in [0.1, 0.15) is 57.0 Å². The van der Waals surface area contributed by atoms with Crippen molar-refractivity contribution < 1.29 is 9.32 Å². The van der Waals surface area contributed by atoms with Gasteiger partial charge in [0.05, 0.1) is 11.7 Å². The molecule has 0 bridgehead atoms. The number of nitrogens with zero attached hydrogens (tertiary/aromatic N) is 2. The zero-order valence-corrected chi connectivity index (χ0v) is 10.1. The van der Waals surface area contributed by atoms with Crippen LogP contribution in [-0.2, 0) is 4.79 Å². The molecule has 1 fully saturated rings. The third-order valence-corrected chi connectivity index (χ3v) is 3.12. The Bertz CT molecular complexity index is 384. The summed E-state index contributed by atoms with van der Waals surface area (Å²) in [6.45, 7) is 6.60. The molecule has 0 aliphatic carbocycles. The van der Waals surface area contributed by atoms with Gasteiger partial charge in [0.1, 0.15) is 0 Å². The number of hydrogen-bond donors (Lipinski definition) is 0. The molecule has 1 amide bonds. The van der Waals surface area contributed by atoms with E-state index in [0.717, 1.165) is 30.8 Å². The largest absolute Gasteiger partial charge is 0.359 e. The normalized spacial score (nSPS) is 20.8. The predicted molar refractivity (Wildman–Crippen MR) is 60.0 cm³/mol. The van der Waals surface area contributed by atoms with Gasteiger partial charge in [-0.2, -0.15) is 0 Å². The van der Waals surface area contributed by atoms with Gasteiger partial charge < -0.3 is 9.42 Å². The van der Waals surface area contributed by atoms with Crippen LogP contribution in [-0.4, -0.2) is 22.5 Å². The van der Waals surface area contributed by atoms with Crippen LogP contribution in [0.4, 0.5) is 0 Å². The molecule has 1 aromatic rings. The van der Waals surface area contributed by atoms with Gasteiger partial charge in [-0.05, 0) is 18.8 Å². The number of aromatic nitrogens is 1. The summed E-state index contributed by atoms with van der Waals surface area (Å²) in [6, 6.07) is 2.08. The van der Waals surface area contributed by atoms with Crippen LogP contribution in [0, 0.1) is 0 Å². The quantitative estimate of drug-likeness (QED) is 0.772. The van der Waals surface area contributed by atoms with E-state index in [9.17, 15) is 4.79 Å². The standard InChI is InChI=1S/C12H18N2O2/c1-8(2)10-7-12(16-13-10)11-5-4-6-14(11)9(3)15/h7-8,11H,4-6H2,1-3H3. The van der Waals surface area contributed by atoms with Crippen molar-refractivity contribution in [1.29, 1.82) is 0 Å². The second-order valence-electron chi connectivity index (χ2n) is 4.68. The molecule has 4 nitrogen and oxygen atoms in total. The van der Waals surface area contributed by atoms with Crippen molar-refractivity contribution in [2.24, 2.45) is 0 Å². The van der Waals surface area contributed by atoms with E-state index in [0.29, 0.717) is 5.92 Å². The number of carbonyl (C=O) groups excluding carboxylic acids is 1. The van der Waals surface area contributed by atoms with Gasteiger partial charge in [0.2, 0.25) is 5.91 Å². The molecule has 0 N–H and O–H groups in total. The van der Waals surface area contributed by atoms with E-state index in [1.165, 1.54) is 0 Å². The summed E-state index contributed by atoms with van der Waals surface area (Å²) in [4.78, 5) is 13.3. The van der Waals surface area contributed by atoms with Crippen molar-refractivity contribution in [1.82, 2.24) is 10.1 Å². The number of rotatable bonds is 2. The van der Waals surface area contributed by atoms with E-state index in [1.807, 2.05) is 11.0 Å². The van der Waals surface area contributed by atoms with Gasteiger partial charge >= 0.3 is 0 Å². The molecule has 88 valence electrons. The molecule has 4 heteroatoms. The fraction of sp³-hybridized carbons (Fsp3) is 0.667. The number of hydrogen-bond acceptors (Lipinski definition) is 3. The van der Waals surface area contributed by atoms with Gasteiger partial charge in [-0.25, -0.2) is 0 Å². The summed E-state index contributed by atoms with van der Waals surface area (Å²) in [7, 11) is 0. The topological polar surface area (TPSA) is 46.3 Å². The van der Waals surface area contributed by atoms with Crippen LogP contribution >= 0.6 is 0 Å². The molecule has 1 aromatic heterocycles. The average molecular weight is 222 g/mol. The second kappa shape index (κ2) is 4.28. The molecule has 1 atom stereocenters. The molecule has 1 saturated heterocycles. The molecular formula is C12H18N2O2. The molecule has 1 aliphatic heterocycles. The van der Waals surface area contributed by atoms with Crippen LogP contribution in [0.25, 0.3) is 0 Å². The number of likely N-dealkylation sites (tertiary alicyclic amines) is 1. The summed E-state index contributed by atoms with van der Waals surface area (Å²) < 4.78 is 5.35. The van der Waals surface area contributed by atoms with Crippen molar-refractivity contribution in [3.05, 3.63) is 17.5 Å². The molecule has 0 saturated carbocycles. The lowest BCUT2D eigenvalue weighted by molar-refractivity contribution is -0.130. The first kappa shape index (κ1) is 11.2. The van der Waals surface area contributed by atoms with Crippen LogP contribution in [0.3, 0.4) is 0 Å². The summed E-state index contributed by atoms with van der Waals surface area (Å²) in [5.74, 6) is 1.31. The van der Waals surface area contributed by atoms with Gasteiger partial charge in [-0.3, -0.25) is 4.79 Å². The Morgan fingerprint density at radius 3 is 2.94 bits per heavy atom. The highest BCUT2D eigenvalue weighted by molar-refractivity contribution is 5.74. The fourth-order valence-electron chi connectivity index (χ4n) is 2.17. The molecule has 2 heterocycles. The van der Waals surface area contributed by atoms with E-state index in [1.54, 1.807) is 6.92 Å². The van der Waals surface area contributed by atoms with E-state index in [-0.39, 0.29) is 11.9 Å². The van der Waals surface area contributed by atoms with Crippen LogP contribution in [0.2, 0.25) is 0 Å². The maximum atomic E-state index is 11.4. The van der Waals surface area contributed by atoms with Gasteiger partial charge in [0, 0.05) is 19.5 Å². The van der Waals surface area contributed by atoms with Gasteiger partial charge in [0.15, 0.2) is 5.76 Å². The maximum absolute atomic E-state index is 11.4. The molecule has 1 aliphatic rings. The van der Waals surface area contributed by atoms with Crippen molar-refractivity contribution in [2.75, 3.05) is 6.54 Å². The lowest BCUT2D eigenvalue weighted by Gasteiger charge is -2.20. The maximum Gasteiger partial charge on any atom is 0.220 e. The lowest BCUT2D eigenvalue weighted by atomic mass is 10.1.